The molecule has 0 aliphatic carbocycles. The van der Waals surface area contributed by atoms with Crippen molar-refractivity contribution in [1.29, 1.82) is 0 Å². The molecule has 1 aliphatic rings. The van der Waals surface area contributed by atoms with Gasteiger partial charge in [0, 0.05) is 24.4 Å². The first-order valence-electron chi connectivity index (χ1n) is 11.5. The Morgan fingerprint density at radius 1 is 0.972 bits per heavy atom. The molecule has 0 saturated heterocycles. The summed E-state index contributed by atoms with van der Waals surface area (Å²) in [5, 5.41) is 5.09. The molecule has 0 radical (unpaired) electrons. The van der Waals surface area contributed by atoms with Crippen LogP contribution in [-0.4, -0.2) is 51.6 Å². The molecule has 0 spiro atoms. The summed E-state index contributed by atoms with van der Waals surface area (Å²) < 4.78 is 25.4. The van der Waals surface area contributed by atoms with Crippen molar-refractivity contribution < 1.29 is 18.9 Å². The van der Waals surface area contributed by atoms with Gasteiger partial charge in [-0.1, -0.05) is 6.07 Å². The van der Waals surface area contributed by atoms with E-state index in [0.717, 1.165) is 17.5 Å². The summed E-state index contributed by atoms with van der Waals surface area (Å²) >= 11 is 0. The first-order chi connectivity index (χ1) is 17.6. The molecule has 10 nitrogen and oxygen atoms in total. The van der Waals surface area contributed by atoms with Crippen LogP contribution in [0.4, 0.5) is 0 Å². The fourth-order valence-corrected chi connectivity index (χ4v) is 4.28. The van der Waals surface area contributed by atoms with E-state index in [9.17, 15) is 4.79 Å². The van der Waals surface area contributed by atoms with E-state index < -0.39 is 0 Å². The maximum atomic E-state index is 13.3. The second kappa shape index (κ2) is 8.88. The third-order valence-electron chi connectivity index (χ3n) is 6.11. The third kappa shape index (κ3) is 3.76. The molecule has 5 aromatic rings. The highest BCUT2D eigenvalue weighted by molar-refractivity contribution is 5.79. The fraction of sp³-hybridized carbons (Fsp3) is 0.231. The lowest BCUT2D eigenvalue weighted by Gasteiger charge is -2.11. The Morgan fingerprint density at radius 2 is 1.81 bits per heavy atom. The van der Waals surface area contributed by atoms with E-state index in [1.54, 1.807) is 35.7 Å². The summed E-state index contributed by atoms with van der Waals surface area (Å²) in [4.78, 5) is 22.3. The second-order valence-electron chi connectivity index (χ2n) is 8.35. The Morgan fingerprint density at radius 3 is 2.64 bits per heavy atom. The van der Waals surface area contributed by atoms with Crippen molar-refractivity contribution in [3.8, 4) is 34.4 Å². The molecule has 2 aromatic carbocycles. The van der Waals surface area contributed by atoms with Gasteiger partial charge in [-0.3, -0.25) is 4.79 Å². The second-order valence-corrected chi connectivity index (χ2v) is 8.35. The molecular weight excluding hydrogens is 462 g/mol. The first kappa shape index (κ1) is 21.9. The molecule has 36 heavy (non-hydrogen) atoms. The van der Waals surface area contributed by atoms with Crippen LogP contribution in [0.15, 0.2) is 59.7 Å². The Bertz CT molecular complexity index is 1660. The minimum atomic E-state index is -0.177. The van der Waals surface area contributed by atoms with Gasteiger partial charge in [-0.15, -0.1) is 5.10 Å². The average Bonchev–Trinajstić information content (AvgIpc) is 3.21. The molecule has 0 atom stereocenters. The van der Waals surface area contributed by atoms with Crippen LogP contribution in [0.1, 0.15) is 12.0 Å². The number of aromatic nitrogens is 5. The van der Waals surface area contributed by atoms with E-state index in [-0.39, 0.29) is 5.56 Å². The smallest absolute Gasteiger partial charge is 0.261 e. The molecule has 4 heterocycles. The maximum Gasteiger partial charge on any atom is 0.261 e. The van der Waals surface area contributed by atoms with Crippen molar-refractivity contribution in [3.05, 3.63) is 70.8 Å². The predicted molar refractivity (Wildman–Crippen MR) is 132 cm³/mol. The monoisotopic (exact) mass is 485 g/mol. The van der Waals surface area contributed by atoms with Crippen molar-refractivity contribution in [1.82, 2.24) is 24.1 Å². The van der Waals surface area contributed by atoms with Crippen LogP contribution in [0.3, 0.4) is 0 Å². The van der Waals surface area contributed by atoms with Crippen LogP contribution >= 0.6 is 0 Å². The minimum absolute atomic E-state index is 0.177. The molecule has 10 heteroatoms. The molecule has 6 rings (SSSR count). The van der Waals surface area contributed by atoms with E-state index in [2.05, 4.69) is 15.1 Å². The highest BCUT2D eigenvalue weighted by Crippen LogP contribution is 2.33. The van der Waals surface area contributed by atoms with Gasteiger partial charge < -0.3 is 23.5 Å². The van der Waals surface area contributed by atoms with E-state index in [1.165, 1.54) is 0 Å². The zero-order chi connectivity index (χ0) is 24.6. The van der Waals surface area contributed by atoms with Gasteiger partial charge in [0.2, 0.25) is 0 Å². The molecular formula is C26H23N5O5. The topological polar surface area (TPSA) is 102 Å². The molecule has 182 valence electrons. The molecule has 0 saturated carbocycles. The summed E-state index contributed by atoms with van der Waals surface area (Å²) in [6.45, 7) is 1.59. The Labute approximate surface area is 205 Å². The number of ether oxygens (including phenoxy) is 4. The lowest BCUT2D eigenvalue weighted by molar-refractivity contribution is 0.297. The number of hydrogen-bond acceptors (Lipinski definition) is 8. The molecule has 0 fully saturated rings. The number of rotatable bonds is 5. The van der Waals surface area contributed by atoms with Gasteiger partial charge >= 0.3 is 0 Å². The number of fused-ring (bicyclic) bond motifs is 4. The van der Waals surface area contributed by atoms with Crippen LogP contribution < -0.4 is 24.5 Å². The van der Waals surface area contributed by atoms with Crippen molar-refractivity contribution >= 4 is 16.7 Å². The third-order valence-corrected chi connectivity index (χ3v) is 6.11. The predicted octanol–water partition coefficient (Wildman–Crippen LogP) is 3.33. The van der Waals surface area contributed by atoms with Gasteiger partial charge in [-0.25, -0.2) is 4.98 Å². The van der Waals surface area contributed by atoms with Crippen LogP contribution in [0.5, 0.6) is 23.0 Å². The lowest BCUT2D eigenvalue weighted by Crippen LogP contribution is -2.21. The van der Waals surface area contributed by atoms with E-state index >= 15 is 0 Å². The molecule has 0 unspecified atom stereocenters. The zero-order valence-corrected chi connectivity index (χ0v) is 19.8. The highest BCUT2D eigenvalue weighted by Gasteiger charge is 2.16. The molecule has 1 aliphatic heterocycles. The lowest BCUT2D eigenvalue weighted by atomic mass is 10.2. The van der Waals surface area contributed by atoms with Gasteiger partial charge in [0.25, 0.3) is 11.3 Å². The Kier molecular flexibility index (Phi) is 5.40. The van der Waals surface area contributed by atoms with Gasteiger partial charge in [0.1, 0.15) is 0 Å². The van der Waals surface area contributed by atoms with Crippen LogP contribution in [-0.2, 0) is 6.54 Å². The number of benzene rings is 2. The fourth-order valence-electron chi connectivity index (χ4n) is 4.28. The summed E-state index contributed by atoms with van der Waals surface area (Å²) in [7, 11) is 3.17. The normalized spacial score (nSPS) is 13.1. The van der Waals surface area contributed by atoms with Crippen molar-refractivity contribution in [2.75, 3.05) is 27.4 Å². The van der Waals surface area contributed by atoms with E-state index in [1.807, 2.05) is 42.5 Å². The highest BCUT2D eigenvalue weighted by atomic mass is 16.5. The summed E-state index contributed by atoms with van der Waals surface area (Å²) in [6.07, 6.45) is 4.12. The molecule has 0 N–H and O–H groups in total. The van der Waals surface area contributed by atoms with E-state index in [4.69, 9.17) is 18.9 Å². The van der Waals surface area contributed by atoms with Gasteiger partial charge in [-0.2, -0.15) is 9.50 Å². The molecule has 0 amide bonds. The standard InChI is InChI=1S/C26H23N5O5/c1-33-20-6-4-16(12-22(20)34-2)15-30-9-8-19-18(25(30)32)14-27-26-28-24(29-31(19)26)17-5-7-21-23(13-17)36-11-3-10-35-21/h4-9,12-14H,3,10-11,15H2,1-2H3. The van der Waals surface area contributed by atoms with Gasteiger partial charge in [0.15, 0.2) is 28.8 Å². The molecule has 0 bridgehead atoms. The maximum absolute atomic E-state index is 13.3. The van der Waals surface area contributed by atoms with Crippen molar-refractivity contribution in [3.63, 3.8) is 0 Å². The number of hydrogen-bond donors (Lipinski definition) is 0. The van der Waals surface area contributed by atoms with Gasteiger partial charge in [-0.05, 0) is 42.0 Å². The zero-order valence-electron chi connectivity index (χ0n) is 19.8. The number of methoxy groups -OCH3 is 2. The summed E-state index contributed by atoms with van der Waals surface area (Å²) in [5.41, 5.74) is 2.13. The van der Waals surface area contributed by atoms with Crippen LogP contribution in [0.25, 0.3) is 28.1 Å². The van der Waals surface area contributed by atoms with Gasteiger partial charge in [0.05, 0.1) is 44.9 Å². The van der Waals surface area contributed by atoms with Crippen molar-refractivity contribution in [2.45, 2.75) is 13.0 Å². The Hall–Kier alpha value is -4.60. The number of pyridine rings is 1. The van der Waals surface area contributed by atoms with Crippen LogP contribution in [0, 0.1) is 0 Å². The molecule has 3 aromatic heterocycles. The largest absolute Gasteiger partial charge is 0.493 e. The number of nitrogens with zero attached hydrogens (tertiary/aromatic N) is 5. The minimum Gasteiger partial charge on any atom is -0.493 e. The quantitative estimate of drug-likeness (QED) is 0.374. The summed E-state index contributed by atoms with van der Waals surface area (Å²) in [6, 6.07) is 13.0. The van der Waals surface area contributed by atoms with Crippen molar-refractivity contribution in [2.24, 2.45) is 0 Å². The average molecular weight is 486 g/mol. The SMILES string of the molecule is COc1ccc(Cn2ccc3c(cnc4nc(-c5ccc6c(c5)OCCCO6)nn43)c2=O)cc1OC. The van der Waals surface area contributed by atoms with E-state index in [0.29, 0.717) is 65.3 Å². The first-order valence-corrected chi connectivity index (χ1v) is 11.5. The van der Waals surface area contributed by atoms with Crippen LogP contribution in [0.2, 0.25) is 0 Å². The summed E-state index contributed by atoms with van der Waals surface area (Å²) in [5.74, 6) is 3.51. The Balaban J connectivity index is 1.37.